The van der Waals surface area contributed by atoms with Gasteiger partial charge in [0.25, 0.3) is 0 Å². The third-order valence-corrected chi connectivity index (χ3v) is 2.97. The standard InChI is InChI=1S/C8H16IN/c1-8(9)5-3-4-6-10(2)7-8/h3-7H2,1-2H3. The van der Waals surface area contributed by atoms with Crippen LogP contribution in [0.5, 0.6) is 0 Å². The van der Waals surface area contributed by atoms with Crippen molar-refractivity contribution in [1.29, 1.82) is 0 Å². The molecule has 1 nitrogen and oxygen atoms in total. The third-order valence-electron chi connectivity index (χ3n) is 2.09. The fraction of sp³-hybridized carbons (Fsp3) is 1.00. The molecule has 1 fully saturated rings. The van der Waals surface area contributed by atoms with E-state index in [-0.39, 0.29) is 0 Å². The summed E-state index contributed by atoms with van der Waals surface area (Å²) in [5.41, 5.74) is 0. The Balaban J connectivity index is 2.46. The Hall–Kier alpha value is 0.690. The van der Waals surface area contributed by atoms with E-state index in [1.54, 1.807) is 0 Å². The molecule has 1 aliphatic rings. The molecule has 0 aliphatic carbocycles. The van der Waals surface area contributed by atoms with Crippen LogP contribution < -0.4 is 0 Å². The molecule has 1 aliphatic heterocycles. The summed E-state index contributed by atoms with van der Waals surface area (Å²) in [6, 6.07) is 0. The Morgan fingerprint density at radius 1 is 1.40 bits per heavy atom. The van der Waals surface area contributed by atoms with Crippen molar-refractivity contribution in [2.24, 2.45) is 0 Å². The molecule has 1 atom stereocenters. The Kier molecular flexibility index (Phi) is 2.98. The van der Waals surface area contributed by atoms with Crippen molar-refractivity contribution in [1.82, 2.24) is 4.90 Å². The van der Waals surface area contributed by atoms with Gasteiger partial charge < -0.3 is 4.90 Å². The number of hydrogen-bond donors (Lipinski definition) is 0. The van der Waals surface area contributed by atoms with Gasteiger partial charge in [-0.2, -0.15) is 0 Å². The second-order valence-electron chi connectivity index (χ2n) is 3.61. The van der Waals surface area contributed by atoms with E-state index in [9.17, 15) is 0 Å². The van der Waals surface area contributed by atoms with Crippen molar-refractivity contribution in [2.75, 3.05) is 20.1 Å². The van der Waals surface area contributed by atoms with Gasteiger partial charge in [-0.05, 0) is 33.4 Å². The van der Waals surface area contributed by atoms with E-state index in [4.69, 9.17) is 0 Å². The highest BCUT2D eigenvalue weighted by Crippen LogP contribution is 2.28. The van der Waals surface area contributed by atoms with E-state index in [1.165, 1.54) is 32.4 Å². The minimum atomic E-state index is 0.531. The molecule has 0 amide bonds. The second kappa shape index (κ2) is 3.39. The number of nitrogens with zero attached hydrogens (tertiary/aromatic N) is 1. The molecule has 0 saturated carbocycles. The molecule has 0 radical (unpaired) electrons. The number of alkyl halides is 1. The van der Waals surface area contributed by atoms with E-state index in [1.807, 2.05) is 0 Å². The zero-order valence-electron chi connectivity index (χ0n) is 6.86. The van der Waals surface area contributed by atoms with Crippen LogP contribution in [0.25, 0.3) is 0 Å². The van der Waals surface area contributed by atoms with Gasteiger partial charge in [0, 0.05) is 9.97 Å². The van der Waals surface area contributed by atoms with Gasteiger partial charge in [-0.3, -0.25) is 0 Å². The zero-order valence-corrected chi connectivity index (χ0v) is 9.02. The first kappa shape index (κ1) is 8.78. The van der Waals surface area contributed by atoms with Crippen molar-refractivity contribution < 1.29 is 0 Å². The monoisotopic (exact) mass is 253 g/mol. The second-order valence-corrected chi connectivity index (χ2v) is 6.21. The van der Waals surface area contributed by atoms with E-state index >= 15 is 0 Å². The average Bonchev–Trinajstić information content (AvgIpc) is 1.90. The van der Waals surface area contributed by atoms with E-state index in [2.05, 4.69) is 41.5 Å². The van der Waals surface area contributed by atoms with Gasteiger partial charge in [0.05, 0.1) is 0 Å². The van der Waals surface area contributed by atoms with E-state index in [0.29, 0.717) is 3.42 Å². The molecule has 1 rings (SSSR count). The first-order valence-corrected chi connectivity index (χ1v) is 5.05. The smallest absolute Gasteiger partial charge is 0.0321 e. The van der Waals surface area contributed by atoms with Crippen LogP contribution in [0.2, 0.25) is 0 Å². The Labute approximate surface area is 77.3 Å². The molecule has 1 heterocycles. The van der Waals surface area contributed by atoms with Gasteiger partial charge in [-0.1, -0.05) is 29.0 Å². The molecule has 10 heavy (non-hydrogen) atoms. The predicted molar refractivity (Wildman–Crippen MR) is 53.8 cm³/mol. The zero-order chi connectivity index (χ0) is 7.61. The lowest BCUT2D eigenvalue weighted by Crippen LogP contribution is -2.31. The normalized spacial score (nSPS) is 37.5. The van der Waals surface area contributed by atoms with Crippen LogP contribution >= 0.6 is 22.6 Å². The summed E-state index contributed by atoms with van der Waals surface area (Å²) >= 11 is 2.59. The summed E-state index contributed by atoms with van der Waals surface area (Å²) in [4.78, 5) is 2.44. The highest BCUT2D eigenvalue weighted by Gasteiger charge is 2.23. The van der Waals surface area contributed by atoms with Gasteiger partial charge in [0.2, 0.25) is 0 Å². The fourth-order valence-corrected chi connectivity index (χ4v) is 2.56. The largest absolute Gasteiger partial charge is 0.305 e. The number of halogens is 1. The third kappa shape index (κ3) is 2.74. The van der Waals surface area contributed by atoms with Gasteiger partial charge in [0.15, 0.2) is 0 Å². The average molecular weight is 253 g/mol. The summed E-state index contributed by atoms with van der Waals surface area (Å²) in [6.45, 7) is 4.90. The van der Waals surface area contributed by atoms with Crippen LogP contribution in [0.4, 0.5) is 0 Å². The molecular formula is C8H16IN. The maximum Gasteiger partial charge on any atom is 0.0321 e. The molecule has 60 valence electrons. The summed E-state index contributed by atoms with van der Waals surface area (Å²) < 4.78 is 0.531. The van der Waals surface area contributed by atoms with E-state index in [0.717, 1.165) is 0 Å². The van der Waals surface area contributed by atoms with Crippen LogP contribution in [0, 0.1) is 0 Å². The Morgan fingerprint density at radius 3 is 2.80 bits per heavy atom. The molecule has 0 aromatic heterocycles. The quantitative estimate of drug-likeness (QED) is 0.473. The van der Waals surface area contributed by atoms with Crippen LogP contribution in [0.1, 0.15) is 26.2 Å². The molecule has 0 N–H and O–H groups in total. The predicted octanol–water partition coefficient (Wildman–Crippen LogP) is 2.30. The SMILES string of the molecule is CN1CCCCC(C)(I)C1. The van der Waals surface area contributed by atoms with E-state index < -0.39 is 0 Å². The number of rotatable bonds is 0. The molecule has 2 heteroatoms. The minimum absolute atomic E-state index is 0.531. The Morgan fingerprint density at radius 2 is 2.10 bits per heavy atom. The van der Waals surface area contributed by atoms with Crippen molar-refractivity contribution in [2.45, 2.75) is 29.6 Å². The van der Waals surface area contributed by atoms with Crippen LogP contribution in [-0.4, -0.2) is 28.5 Å². The van der Waals surface area contributed by atoms with Gasteiger partial charge in [-0.15, -0.1) is 0 Å². The van der Waals surface area contributed by atoms with Crippen molar-refractivity contribution >= 4 is 22.6 Å². The van der Waals surface area contributed by atoms with Crippen molar-refractivity contribution in [3.63, 3.8) is 0 Å². The molecule has 0 aromatic rings. The van der Waals surface area contributed by atoms with Crippen molar-refractivity contribution in [3.05, 3.63) is 0 Å². The van der Waals surface area contributed by atoms with Crippen LogP contribution in [-0.2, 0) is 0 Å². The highest BCUT2D eigenvalue weighted by molar-refractivity contribution is 14.1. The van der Waals surface area contributed by atoms with Crippen LogP contribution in [0.3, 0.4) is 0 Å². The maximum atomic E-state index is 2.59. The molecular weight excluding hydrogens is 237 g/mol. The number of likely N-dealkylation sites (tertiary alicyclic amines) is 1. The van der Waals surface area contributed by atoms with Gasteiger partial charge in [0.1, 0.15) is 0 Å². The molecule has 0 aromatic carbocycles. The summed E-state index contributed by atoms with van der Waals surface area (Å²) in [6.07, 6.45) is 4.18. The maximum absolute atomic E-state index is 2.59. The lowest BCUT2D eigenvalue weighted by molar-refractivity contribution is 0.331. The lowest BCUT2D eigenvalue weighted by Gasteiger charge is -2.24. The summed E-state index contributed by atoms with van der Waals surface area (Å²) in [7, 11) is 2.22. The minimum Gasteiger partial charge on any atom is -0.305 e. The number of hydrogen-bond acceptors (Lipinski definition) is 1. The first-order valence-electron chi connectivity index (χ1n) is 3.98. The molecule has 1 unspecified atom stereocenters. The molecule has 1 saturated heterocycles. The van der Waals surface area contributed by atoms with Crippen LogP contribution in [0.15, 0.2) is 0 Å². The summed E-state index contributed by atoms with van der Waals surface area (Å²) in [5, 5.41) is 0. The van der Waals surface area contributed by atoms with Gasteiger partial charge >= 0.3 is 0 Å². The lowest BCUT2D eigenvalue weighted by atomic mass is 10.1. The topological polar surface area (TPSA) is 3.24 Å². The van der Waals surface area contributed by atoms with Gasteiger partial charge in [-0.25, -0.2) is 0 Å². The fourth-order valence-electron chi connectivity index (χ4n) is 1.60. The first-order chi connectivity index (χ1) is 4.60. The highest BCUT2D eigenvalue weighted by atomic mass is 127. The summed E-state index contributed by atoms with van der Waals surface area (Å²) in [5.74, 6) is 0. The van der Waals surface area contributed by atoms with Crippen molar-refractivity contribution in [3.8, 4) is 0 Å². The molecule has 0 bridgehead atoms. The molecule has 0 spiro atoms. The Bertz CT molecular complexity index is 112.